The van der Waals surface area contributed by atoms with Gasteiger partial charge >= 0.3 is 0 Å². The van der Waals surface area contributed by atoms with Crippen LogP contribution in [0, 0.1) is 0 Å². The standard InChI is InChI=1S/C20H26N4O3S/c1-3-27-17-7-5-4-6-15(17)13-24-10-8-22-20(26)16(24)12-19(25)23(2)14-18-21-9-11-28-18/h4-7,9,11,16H,3,8,10,12-14H2,1-2H3,(H,22,26). The lowest BCUT2D eigenvalue weighted by atomic mass is 10.1. The molecule has 1 aromatic carbocycles. The molecule has 2 amide bonds. The van der Waals surface area contributed by atoms with Crippen molar-refractivity contribution in [2.45, 2.75) is 32.5 Å². The Labute approximate surface area is 169 Å². The lowest BCUT2D eigenvalue weighted by molar-refractivity contribution is -0.138. The molecular weight excluding hydrogens is 376 g/mol. The average molecular weight is 403 g/mol. The van der Waals surface area contributed by atoms with Gasteiger partial charge in [0.05, 0.1) is 25.6 Å². The number of ether oxygens (including phenoxy) is 1. The van der Waals surface area contributed by atoms with Crippen molar-refractivity contribution in [1.29, 1.82) is 0 Å². The maximum absolute atomic E-state index is 12.7. The summed E-state index contributed by atoms with van der Waals surface area (Å²) in [5.41, 5.74) is 1.02. The minimum atomic E-state index is -0.491. The SMILES string of the molecule is CCOc1ccccc1CN1CCNC(=O)C1CC(=O)N(C)Cc1nccs1. The third-order valence-electron chi connectivity index (χ3n) is 4.74. The van der Waals surface area contributed by atoms with Gasteiger partial charge in [-0.3, -0.25) is 14.5 Å². The summed E-state index contributed by atoms with van der Waals surface area (Å²) in [5.74, 6) is 0.651. The summed E-state index contributed by atoms with van der Waals surface area (Å²) in [6, 6.07) is 7.35. The Bertz CT molecular complexity index is 797. The third kappa shape index (κ3) is 5.08. The molecule has 1 aliphatic rings. The van der Waals surface area contributed by atoms with Crippen molar-refractivity contribution in [3.05, 3.63) is 46.4 Å². The Hall–Kier alpha value is -2.45. The fourth-order valence-electron chi connectivity index (χ4n) is 3.27. The zero-order valence-corrected chi connectivity index (χ0v) is 17.1. The number of carbonyl (C=O) groups excluding carboxylic acids is 2. The molecule has 1 aliphatic heterocycles. The van der Waals surface area contributed by atoms with Crippen LogP contribution in [0.15, 0.2) is 35.8 Å². The summed E-state index contributed by atoms with van der Waals surface area (Å²) in [6.07, 6.45) is 1.87. The van der Waals surface area contributed by atoms with Crippen molar-refractivity contribution in [2.24, 2.45) is 0 Å². The zero-order valence-electron chi connectivity index (χ0n) is 16.3. The molecule has 0 bridgehead atoms. The molecule has 1 saturated heterocycles. The van der Waals surface area contributed by atoms with Gasteiger partial charge in [-0.05, 0) is 13.0 Å². The van der Waals surface area contributed by atoms with E-state index in [0.717, 1.165) is 16.3 Å². The lowest BCUT2D eigenvalue weighted by Crippen LogP contribution is -2.56. The van der Waals surface area contributed by atoms with Crippen LogP contribution in [-0.2, 0) is 22.7 Å². The van der Waals surface area contributed by atoms with E-state index in [0.29, 0.717) is 32.8 Å². The van der Waals surface area contributed by atoms with Crippen molar-refractivity contribution in [3.8, 4) is 5.75 Å². The number of para-hydroxylation sites is 1. The van der Waals surface area contributed by atoms with Crippen LogP contribution >= 0.6 is 11.3 Å². The maximum Gasteiger partial charge on any atom is 0.237 e. The van der Waals surface area contributed by atoms with E-state index in [1.807, 2.05) is 36.6 Å². The van der Waals surface area contributed by atoms with Gasteiger partial charge in [0.1, 0.15) is 10.8 Å². The molecule has 0 saturated carbocycles. The van der Waals surface area contributed by atoms with Crippen molar-refractivity contribution in [2.75, 3.05) is 26.7 Å². The second-order valence-corrected chi connectivity index (χ2v) is 7.68. The molecular formula is C20H26N4O3S. The highest BCUT2D eigenvalue weighted by atomic mass is 32.1. The van der Waals surface area contributed by atoms with Crippen molar-refractivity contribution in [1.82, 2.24) is 20.1 Å². The van der Waals surface area contributed by atoms with Crippen LogP contribution in [0.2, 0.25) is 0 Å². The van der Waals surface area contributed by atoms with Crippen LogP contribution < -0.4 is 10.1 Å². The highest BCUT2D eigenvalue weighted by Crippen LogP contribution is 2.23. The molecule has 0 spiro atoms. The highest BCUT2D eigenvalue weighted by molar-refractivity contribution is 7.09. The van der Waals surface area contributed by atoms with Gasteiger partial charge in [-0.15, -0.1) is 11.3 Å². The van der Waals surface area contributed by atoms with E-state index < -0.39 is 6.04 Å². The van der Waals surface area contributed by atoms with E-state index in [1.54, 1.807) is 18.1 Å². The fraction of sp³-hybridized carbons (Fsp3) is 0.450. The summed E-state index contributed by atoms with van der Waals surface area (Å²) in [7, 11) is 1.75. The Balaban J connectivity index is 1.68. The largest absolute Gasteiger partial charge is 0.494 e. The number of hydrogen-bond acceptors (Lipinski definition) is 6. The monoisotopic (exact) mass is 402 g/mol. The van der Waals surface area contributed by atoms with Gasteiger partial charge in [-0.1, -0.05) is 18.2 Å². The Morgan fingerprint density at radius 2 is 2.25 bits per heavy atom. The van der Waals surface area contributed by atoms with E-state index in [4.69, 9.17) is 4.74 Å². The smallest absolute Gasteiger partial charge is 0.237 e. The number of rotatable bonds is 8. The Kier molecular flexibility index (Phi) is 7.00. The first-order valence-corrected chi connectivity index (χ1v) is 10.3. The number of carbonyl (C=O) groups is 2. The fourth-order valence-corrected chi connectivity index (χ4v) is 3.93. The molecule has 8 heteroatoms. The van der Waals surface area contributed by atoms with E-state index >= 15 is 0 Å². The Morgan fingerprint density at radius 3 is 3.00 bits per heavy atom. The first-order chi connectivity index (χ1) is 13.6. The first-order valence-electron chi connectivity index (χ1n) is 9.43. The first kappa shape index (κ1) is 20.3. The lowest BCUT2D eigenvalue weighted by Gasteiger charge is -2.35. The molecule has 0 radical (unpaired) electrons. The van der Waals surface area contributed by atoms with E-state index in [1.165, 1.54) is 11.3 Å². The van der Waals surface area contributed by atoms with E-state index in [-0.39, 0.29) is 18.2 Å². The molecule has 28 heavy (non-hydrogen) atoms. The van der Waals surface area contributed by atoms with Gasteiger partial charge in [-0.2, -0.15) is 0 Å². The zero-order chi connectivity index (χ0) is 19.9. The molecule has 0 aliphatic carbocycles. The molecule has 150 valence electrons. The van der Waals surface area contributed by atoms with Crippen LogP contribution in [0.3, 0.4) is 0 Å². The van der Waals surface area contributed by atoms with Gasteiger partial charge in [0.15, 0.2) is 0 Å². The molecule has 7 nitrogen and oxygen atoms in total. The summed E-state index contributed by atoms with van der Waals surface area (Å²) in [5, 5.41) is 5.65. The number of thiazole rings is 1. The summed E-state index contributed by atoms with van der Waals surface area (Å²) in [4.78, 5) is 33.2. The topological polar surface area (TPSA) is 74.8 Å². The number of hydrogen-bond donors (Lipinski definition) is 1. The Morgan fingerprint density at radius 1 is 1.43 bits per heavy atom. The molecule has 3 rings (SSSR count). The van der Waals surface area contributed by atoms with Crippen molar-refractivity contribution in [3.63, 3.8) is 0 Å². The minimum absolute atomic E-state index is 0.0691. The van der Waals surface area contributed by atoms with Crippen LogP contribution in [-0.4, -0.2) is 59.4 Å². The van der Waals surface area contributed by atoms with Gasteiger partial charge in [-0.25, -0.2) is 4.98 Å². The van der Waals surface area contributed by atoms with Gasteiger partial charge < -0.3 is 15.0 Å². The van der Waals surface area contributed by atoms with Crippen LogP contribution in [0.4, 0.5) is 0 Å². The van der Waals surface area contributed by atoms with Gasteiger partial charge in [0.25, 0.3) is 0 Å². The van der Waals surface area contributed by atoms with Gasteiger partial charge in [0.2, 0.25) is 11.8 Å². The average Bonchev–Trinajstić information content (AvgIpc) is 3.19. The normalized spacial score (nSPS) is 17.2. The van der Waals surface area contributed by atoms with E-state index in [9.17, 15) is 9.59 Å². The number of piperazine rings is 1. The molecule has 1 N–H and O–H groups in total. The maximum atomic E-state index is 12.7. The summed E-state index contributed by atoms with van der Waals surface area (Å²) < 4.78 is 5.71. The van der Waals surface area contributed by atoms with Crippen LogP contribution in [0.1, 0.15) is 23.9 Å². The number of aromatic nitrogens is 1. The summed E-state index contributed by atoms with van der Waals surface area (Å²) >= 11 is 1.52. The number of benzene rings is 1. The van der Waals surface area contributed by atoms with Crippen molar-refractivity contribution >= 4 is 23.2 Å². The minimum Gasteiger partial charge on any atom is -0.494 e. The second-order valence-electron chi connectivity index (χ2n) is 6.70. The van der Waals surface area contributed by atoms with Crippen LogP contribution in [0.5, 0.6) is 5.75 Å². The second kappa shape index (κ2) is 9.66. The molecule has 1 fully saturated rings. The third-order valence-corrected chi connectivity index (χ3v) is 5.50. The molecule has 1 atom stereocenters. The quantitative estimate of drug-likeness (QED) is 0.730. The highest BCUT2D eigenvalue weighted by Gasteiger charge is 2.33. The number of nitrogens with zero attached hydrogens (tertiary/aromatic N) is 3. The predicted molar refractivity (Wildman–Crippen MR) is 108 cm³/mol. The molecule has 2 heterocycles. The molecule has 2 aromatic rings. The number of amides is 2. The van der Waals surface area contributed by atoms with E-state index in [2.05, 4.69) is 15.2 Å². The number of nitrogens with one attached hydrogen (secondary N) is 1. The van der Waals surface area contributed by atoms with Crippen molar-refractivity contribution < 1.29 is 14.3 Å². The molecule has 1 unspecified atom stereocenters. The molecule has 1 aromatic heterocycles. The van der Waals surface area contributed by atoms with Crippen LogP contribution in [0.25, 0.3) is 0 Å². The predicted octanol–water partition coefficient (Wildman–Crippen LogP) is 1.89. The summed E-state index contributed by atoms with van der Waals surface area (Å²) in [6.45, 7) is 4.83. The van der Waals surface area contributed by atoms with Gasteiger partial charge in [0, 0.05) is 43.8 Å².